The Labute approximate surface area is 212 Å². The molecule has 4 aromatic rings. The van der Waals surface area contributed by atoms with Gasteiger partial charge in [0.25, 0.3) is 5.56 Å². The molecule has 34 heavy (non-hydrogen) atoms. The quantitative estimate of drug-likeness (QED) is 0.362. The first-order chi connectivity index (χ1) is 16.5. The van der Waals surface area contributed by atoms with E-state index in [1.54, 1.807) is 18.2 Å². The highest BCUT2D eigenvalue weighted by atomic mass is 79.9. The predicted molar refractivity (Wildman–Crippen MR) is 140 cm³/mol. The molecular formula is C27H18BrClN2O2S. The van der Waals surface area contributed by atoms with Crippen LogP contribution in [0.1, 0.15) is 34.7 Å². The molecule has 168 valence electrons. The van der Waals surface area contributed by atoms with Crippen molar-refractivity contribution in [1.82, 2.24) is 4.57 Å². The summed E-state index contributed by atoms with van der Waals surface area (Å²) in [6.45, 7) is 0. The minimum Gasteiger partial charge on any atom is -0.507 e. The number of aromatic hydroxyl groups is 1. The maximum atomic E-state index is 13.7. The van der Waals surface area contributed by atoms with Gasteiger partial charge in [0.2, 0.25) is 0 Å². The van der Waals surface area contributed by atoms with Crippen LogP contribution in [0.4, 0.5) is 0 Å². The van der Waals surface area contributed by atoms with Gasteiger partial charge >= 0.3 is 0 Å². The van der Waals surface area contributed by atoms with Crippen molar-refractivity contribution in [3.8, 4) is 5.75 Å². The lowest BCUT2D eigenvalue weighted by molar-refractivity contribution is 0.472. The smallest absolute Gasteiger partial charge is 0.271 e. The lowest BCUT2D eigenvalue weighted by atomic mass is 9.83. The van der Waals surface area contributed by atoms with E-state index >= 15 is 0 Å². The van der Waals surface area contributed by atoms with Crippen molar-refractivity contribution in [2.24, 2.45) is 4.99 Å². The Morgan fingerprint density at radius 2 is 1.88 bits per heavy atom. The van der Waals surface area contributed by atoms with Crippen molar-refractivity contribution in [3.63, 3.8) is 0 Å². The molecule has 4 nitrogen and oxygen atoms in total. The molecule has 2 aliphatic rings. The van der Waals surface area contributed by atoms with Crippen LogP contribution in [0.2, 0.25) is 5.02 Å². The highest BCUT2D eigenvalue weighted by Crippen LogP contribution is 2.41. The second-order valence-corrected chi connectivity index (χ2v) is 10.7. The zero-order chi connectivity index (χ0) is 23.4. The first kappa shape index (κ1) is 21.6. The van der Waals surface area contributed by atoms with Crippen molar-refractivity contribution < 1.29 is 5.11 Å². The van der Waals surface area contributed by atoms with Gasteiger partial charge in [-0.25, -0.2) is 4.99 Å². The van der Waals surface area contributed by atoms with E-state index in [4.69, 9.17) is 16.6 Å². The SMILES string of the molecule is O=c1/c(=C\c2ccc(O)c(Br)c2)sc2n1[C@@H](c1ccc(Cl)cc1)C1=C(N=2)c2ccccc2CC1. The van der Waals surface area contributed by atoms with E-state index in [1.165, 1.54) is 16.9 Å². The second kappa shape index (κ2) is 8.38. The summed E-state index contributed by atoms with van der Waals surface area (Å²) in [4.78, 5) is 19.4. The third-order valence-electron chi connectivity index (χ3n) is 6.33. The van der Waals surface area contributed by atoms with Crippen LogP contribution in [-0.4, -0.2) is 9.67 Å². The number of phenolic OH excluding ortho intramolecular Hbond substituents is 1. The number of hydrogen-bond acceptors (Lipinski definition) is 4. The molecule has 0 radical (unpaired) electrons. The molecule has 0 spiro atoms. The number of hydrogen-bond donors (Lipinski definition) is 1. The molecule has 0 bridgehead atoms. The standard InChI is InChI=1S/C27H18BrClN2O2S/c28-21-13-15(5-12-22(21)32)14-23-26(33)31-25(17-6-9-18(29)10-7-17)20-11-8-16-3-1-2-4-19(16)24(20)30-27(31)34-23/h1-7,9-10,12-14,25,32H,8,11H2/b23-14+/t25-/m0/s1. The second-order valence-electron chi connectivity index (χ2n) is 8.38. The van der Waals surface area contributed by atoms with Gasteiger partial charge in [-0.15, -0.1) is 0 Å². The van der Waals surface area contributed by atoms with E-state index < -0.39 is 0 Å². The minimum atomic E-state index is -0.231. The number of benzene rings is 3. The number of aromatic nitrogens is 1. The molecule has 0 unspecified atom stereocenters. The molecule has 3 aromatic carbocycles. The summed E-state index contributed by atoms with van der Waals surface area (Å²) in [5, 5.41) is 10.5. The molecule has 2 heterocycles. The van der Waals surface area contributed by atoms with E-state index in [2.05, 4.69) is 34.1 Å². The summed E-state index contributed by atoms with van der Waals surface area (Å²) in [5.41, 5.74) is 6.33. The fourth-order valence-electron chi connectivity index (χ4n) is 4.73. The van der Waals surface area contributed by atoms with Crippen molar-refractivity contribution in [1.29, 1.82) is 0 Å². The lowest BCUT2D eigenvalue weighted by Gasteiger charge is -2.30. The number of thiazole rings is 1. The van der Waals surface area contributed by atoms with Crippen LogP contribution < -0.4 is 14.9 Å². The number of aryl methyl sites for hydroxylation is 1. The van der Waals surface area contributed by atoms with Gasteiger partial charge in [0.05, 0.1) is 20.7 Å². The third-order valence-corrected chi connectivity index (χ3v) is 8.20. The highest BCUT2D eigenvalue weighted by molar-refractivity contribution is 9.10. The Hall–Kier alpha value is -2.93. The van der Waals surface area contributed by atoms with Crippen LogP contribution in [-0.2, 0) is 6.42 Å². The van der Waals surface area contributed by atoms with E-state index in [1.807, 2.05) is 41.0 Å². The van der Waals surface area contributed by atoms with Gasteiger partial charge in [-0.05, 0) is 81.4 Å². The summed E-state index contributed by atoms with van der Waals surface area (Å²) in [7, 11) is 0. The largest absolute Gasteiger partial charge is 0.507 e. The van der Waals surface area contributed by atoms with Gasteiger partial charge in [-0.1, -0.05) is 65.4 Å². The van der Waals surface area contributed by atoms with E-state index in [0.29, 0.717) is 18.8 Å². The molecule has 1 aromatic heterocycles. The Bertz CT molecular complexity index is 1670. The molecule has 1 N–H and O–H groups in total. The molecule has 0 saturated carbocycles. The third kappa shape index (κ3) is 3.57. The van der Waals surface area contributed by atoms with Gasteiger partial charge in [0.15, 0.2) is 4.80 Å². The minimum absolute atomic E-state index is 0.0710. The first-order valence-corrected chi connectivity index (χ1v) is 12.9. The van der Waals surface area contributed by atoms with Crippen LogP contribution in [0.3, 0.4) is 0 Å². The number of phenols is 1. The molecular weight excluding hydrogens is 532 g/mol. The highest BCUT2D eigenvalue weighted by Gasteiger charge is 2.32. The van der Waals surface area contributed by atoms with Gasteiger partial charge in [0.1, 0.15) is 5.75 Å². The Morgan fingerprint density at radius 3 is 2.68 bits per heavy atom. The zero-order valence-corrected chi connectivity index (χ0v) is 21.0. The Kier molecular flexibility index (Phi) is 5.32. The molecule has 1 aliphatic carbocycles. The van der Waals surface area contributed by atoms with Crippen molar-refractivity contribution >= 4 is 50.6 Å². The van der Waals surface area contributed by atoms with Gasteiger partial charge in [0, 0.05) is 10.6 Å². The van der Waals surface area contributed by atoms with E-state index in [-0.39, 0.29) is 17.4 Å². The summed E-state index contributed by atoms with van der Waals surface area (Å²) >= 11 is 10.9. The van der Waals surface area contributed by atoms with Crippen LogP contribution >= 0.6 is 38.9 Å². The van der Waals surface area contributed by atoms with Crippen molar-refractivity contribution in [3.05, 3.63) is 124 Å². The summed E-state index contributed by atoms with van der Waals surface area (Å²) < 4.78 is 3.01. The van der Waals surface area contributed by atoms with Crippen molar-refractivity contribution in [2.75, 3.05) is 0 Å². The van der Waals surface area contributed by atoms with Crippen molar-refractivity contribution in [2.45, 2.75) is 18.9 Å². The molecule has 6 rings (SSSR count). The van der Waals surface area contributed by atoms with E-state index in [0.717, 1.165) is 40.8 Å². The summed E-state index contributed by atoms with van der Waals surface area (Å²) in [6.07, 6.45) is 3.61. The van der Waals surface area contributed by atoms with Gasteiger partial charge in [-0.3, -0.25) is 9.36 Å². The average molecular weight is 550 g/mol. The monoisotopic (exact) mass is 548 g/mol. The molecule has 1 aliphatic heterocycles. The van der Waals surface area contributed by atoms with Gasteiger partial charge < -0.3 is 5.11 Å². The van der Waals surface area contributed by atoms with Crippen LogP contribution in [0.25, 0.3) is 11.8 Å². The predicted octanol–water partition coefficient (Wildman–Crippen LogP) is 5.44. The van der Waals surface area contributed by atoms with E-state index in [9.17, 15) is 9.90 Å². The fraction of sp³-hybridized carbons (Fsp3) is 0.111. The van der Waals surface area contributed by atoms with Crippen LogP contribution in [0, 0.1) is 0 Å². The lowest BCUT2D eigenvalue weighted by Crippen LogP contribution is -2.38. The maximum Gasteiger partial charge on any atom is 0.271 e. The normalized spacial score (nSPS) is 17.1. The Morgan fingerprint density at radius 1 is 1.09 bits per heavy atom. The topological polar surface area (TPSA) is 54.6 Å². The fourth-order valence-corrected chi connectivity index (χ4v) is 6.26. The average Bonchev–Trinajstić information content (AvgIpc) is 3.15. The van der Waals surface area contributed by atoms with Gasteiger partial charge in [-0.2, -0.15) is 0 Å². The number of rotatable bonds is 2. The van der Waals surface area contributed by atoms with Crippen LogP contribution in [0.15, 0.2) is 86.6 Å². The molecule has 0 amide bonds. The summed E-state index contributed by atoms with van der Waals surface area (Å²) in [6, 6.07) is 21.1. The first-order valence-electron chi connectivity index (χ1n) is 10.9. The number of fused-ring (bicyclic) bond motifs is 3. The molecule has 0 fully saturated rings. The maximum absolute atomic E-state index is 13.7. The summed E-state index contributed by atoms with van der Waals surface area (Å²) in [5.74, 6) is 0.160. The number of allylic oxidation sites excluding steroid dienone is 1. The van der Waals surface area contributed by atoms with Crippen LogP contribution in [0.5, 0.6) is 5.75 Å². The Balaban J connectivity index is 1.62. The number of nitrogens with zero attached hydrogens (tertiary/aromatic N) is 2. The molecule has 0 saturated heterocycles. The molecule has 1 atom stereocenters. The molecule has 7 heteroatoms. The number of halogens is 2. The zero-order valence-electron chi connectivity index (χ0n) is 17.8.